The highest BCUT2D eigenvalue weighted by Gasteiger charge is 2.18. The molecule has 1 aromatic carbocycles. The fourth-order valence-electron chi connectivity index (χ4n) is 2.86. The third-order valence-corrected chi connectivity index (χ3v) is 3.95. The van der Waals surface area contributed by atoms with Crippen LogP contribution < -0.4 is 5.32 Å². The van der Waals surface area contributed by atoms with Crippen molar-refractivity contribution in [2.24, 2.45) is 0 Å². The largest absolute Gasteiger partial charge is 0.361 e. The maximum Gasteiger partial charge on any atom is 0.222 e. The van der Waals surface area contributed by atoms with Crippen LogP contribution >= 0.6 is 0 Å². The number of aromatic nitrogens is 1. The molecule has 20 heavy (non-hydrogen) atoms. The van der Waals surface area contributed by atoms with Crippen LogP contribution in [0.3, 0.4) is 0 Å². The predicted octanol–water partition coefficient (Wildman–Crippen LogP) is 2.27. The highest BCUT2D eigenvalue weighted by Crippen LogP contribution is 2.17. The Labute approximate surface area is 119 Å². The van der Waals surface area contributed by atoms with Gasteiger partial charge >= 0.3 is 0 Å². The Balaban J connectivity index is 1.44. The number of likely N-dealkylation sites (tertiary alicyclic amines) is 1. The Morgan fingerprint density at radius 3 is 3.10 bits per heavy atom. The number of H-pyrrole nitrogens is 1. The van der Waals surface area contributed by atoms with Gasteiger partial charge in [-0.3, -0.25) is 4.79 Å². The summed E-state index contributed by atoms with van der Waals surface area (Å²) in [4.78, 5) is 16.7. The standard InChI is InChI=1S/C16H21N3O/c20-16-6-2-10-19(16)11-3-8-17-12-13-4-1-5-15-14(13)7-9-18-15/h1,4-5,7,9,17-18H,2-3,6,8,10-12H2. The third kappa shape index (κ3) is 2.85. The van der Waals surface area contributed by atoms with Crippen molar-refractivity contribution in [2.45, 2.75) is 25.8 Å². The number of nitrogens with one attached hydrogen (secondary N) is 2. The molecule has 1 saturated heterocycles. The number of rotatable bonds is 6. The van der Waals surface area contributed by atoms with Crippen LogP contribution in [0.4, 0.5) is 0 Å². The highest BCUT2D eigenvalue weighted by molar-refractivity contribution is 5.82. The van der Waals surface area contributed by atoms with E-state index in [1.165, 1.54) is 16.5 Å². The molecule has 1 aromatic heterocycles. The van der Waals surface area contributed by atoms with Gasteiger partial charge in [0.25, 0.3) is 0 Å². The highest BCUT2D eigenvalue weighted by atomic mass is 16.2. The molecule has 3 rings (SSSR count). The Bertz CT molecular complexity index is 590. The zero-order chi connectivity index (χ0) is 13.8. The first-order valence-electron chi connectivity index (χ1n) is 7.38. The van der Waals surface area contributed by atoms with Crippen molar-refractivity contribution in [1.29, 1.82) is 0 Å². The van der Waals surface area contributed by atoms with Gasteiger partial charge in [-0.2, -0.15) is 0 Å². The lowest BCUT2D eigenvalue weighted by Gasteiger charge is -2.15. The van der Waals surface area contributed by atoms with Gasteiger partial charge in [0.2, 0.25) is 5.91 Å². The Morgan fingerprint density at radius 2 is 2.25 bits per heavy atom. The summed E-state index contributed by atoms with van der Waals surface area (Å²) in [7, 11) is 0. The molecule has 0 aliphatic carbocycles. The van der Waals surface area contributed by atoms with Gasteiger partial charge < -0.3 is 15.2 Å². The van der Waals surface area contributed by atoms with Crippen molar-refractivity contribution in [2.75, 3.05) is 19.6 Å². The quantitative estimate of drug-likeness (QED) is 0.792. The SMILES string of the molecule is O=C1CCCN1CCCNCc1cccc2[nH]ccc12. The van der Waals surface area contributed by atoms with E-state index >= 15 is 0 Å². The molecule has 0 bridgehead atoms. The van der Waals surface area contributed by atoms with Crippen LogP contribution in [0.15, 0.2) is 30.5 Å². The molecule has 106 valence electrons. The molecule has 1 fully saturated rings. The summed E-state index contributed by atoms with van der Waals surface area (Å²) >= 11 is 0. The summed E-state index contributed by atoms with van der Waals surface area (Å²) in [5.41, 5.74) is 2.51. The van der Waals surface area contributed by atoms with Crippen LogP contribution in [-0.2, 0) is 11.3 Å². The zero-order valence-corrected chi connectivity index (χ0v) is 11.7. The molecule has 0 spiro atoms. The fraction of sp³-hybridized carbons (Fsp3) is 0.438. The van der Waals surface area contributed by atoms with Crippen LogP contribution in [0.2, 0.25) is 0 Å². The molecule has 0 saturated carbocycles. The topological polar surface area (TPSA) is 48.1 Å². The van der Waals surface area contributed by atoms with Crippen LogP contribution in [0, 0.1) is 0 Å². The van der Waals surface area contributed by atoms with Gasteiger partial charge in [-0.25, -0.2) is 0 Å². The molecule has 2 heterocycles. The average Bonchev–Trinajstić information content (AvgIpc) is 3.08. The summed E-state index contributed by atoms with van der Waals surface area (Å²) in [5.74, 6) is 0.321. The molecule has 2 N–H and O–H groups in total. The molecular formula is C16H21N3O. The van der Waals surface area contributed by atoms with Crippen molar-refractivity contribution in [3.05, 3.63) is 36.0 Å². The molecule has 4 nitrogen and oxygen atoms in total. The summed E-state index contributed by atoms with van der Waals surface area (Å²) in [6.45, 7) is 3.66. The first-order valence-corrected chi connectivity index (χ1v) is 7.38. The molecule has 4 heteroatoms. The van der Waals surface area contributed by atoms with Gasteiger partial charge in [0, 0.05) is 43.2 Å². The number of amides is 1. The minimum absolute atomic E-state index is 0.321. The molecule has 2 aromatic rings. The molecule has 1 aliphatic rings. The Kier molecular flexibility index (Phi) is 4.02. The molecule has 0 atom stereocenters. The average molecular weight is 271 g/mol. The summed E-state index contributed by atoms with van der Waals surface area (Å²) < 4.78 is 0. The summed E-state index contributed by atoms with van der Waals surface area (Å²) in [5, 5.41) is 4.76. The Hall–Kier alpha value is -1.81. The normalized spacial score (nSPS) is 15.4. The minimum atomic E-state index is 0.321. The van der Waals surface area contributed by atoms with Crippen LogP contribution in [0.1, 0.15) is 24.8 Å². The molecular weight excluding hydrogens is 250 g/mol. The lowest BCUT2D eigenvalue weighted by molar-refractivity contribution is -0.127. The van der Waals surface area contributed by atoms with Crippen molar-refractivity contribution >= 4 is 16.8 Å². The van der Waals surface area contributed by atoms with Crippen molar-refractivity contribution in [3.8, 4) is 0 Å². The Morgan fingerprint density at radius 1 is 1.30 bits per heavy atom. The summed E-state index contributed by atoms with van der Waals surface area (Å²) in [6.07, 6.45) is 4.77. The van der Waals surface area contributed by atoms with E-state index in [1.807, 2.05) is 11.1 Å². The molecule has 1 amide bonds. The van der Waals surface area contributed by atoms with E-state index in [-0.39, 0.29) is 0 Å². The zero-order valence-electron chi connectivity index (χ0n) is 11.7. The van der Waals surface area contributed by atoms with Gasteiger partial charge in [0.05, 0.1) is 0 Å². The maximum absolute atomic E-state index is 11.5. The van der Waals surface area contributed by atoms with Gasteiger partial charge in [0.1, 0.15) is 0 Å². The van der Waals surface area contributed by atoms with Crippen molar-refractivity contribution in [3.63, 3.8) is 0 Å². The van der Waals surface area contributed by atoms with E-state index in [0.29, 0.717) is 5.91 Å². The van der Waals surface area contributed by atoms with Gasteiger partial charge in [-0.15, -0.1) is 0 Å². The predicted molar refractivity (Wildman–Crippen MR) is 80.4 cm³/mol. The van der Waals surface area contributed by atoms with E-state index < -0.39 is 0 Å². The fourth-order valence-corrected chi connectivity index (χ4v) is 2.86. The van der Waals surface area contributed by atoms with E-state index in [0.717, 1.165) is 45.4 Å². The van der Waals surface area contributed by atoms with E-state index in [9.17, 15) is 4.79 Å². The van der Waals surface area contributed by atoms with Crippen LogP contribution in [-0.4, -0.2) is 35.4 Å². The smallest absolute Gasteiger partial charge is 0.222 e. The second kappa shape index (κ2) is 6.09. The van der Waals surface area contributed by atoms with Gasteiger partial charge in [0.15, 0.2) is 0 Å². The second-order valence-corrected chi connectivity index (χ2v) is 5.37. The molecule has 1 aliphatic heterocycles. The summed E-state index contributed by atoms with van der Waals surface area (Å²) in [6, 6.07) is 8.46. The monoisotopic (exact) mass is 271 g/mol. The number of aromatic amines is 1. The van der Waals surface area contributed by atoms with Crippen LogP contribution in [0.5, 0.6) is 0 Å². The number of carbonyl (C=O) groups is 1. The number of nitrogens with zero attached hydrogens (tertiary/aromatic N) is 1. The first kappa shape index (κ1) is 13.2. The van der Waals surface area contributed by atoms with Crippen molar-refractivity contribution < 1.29 is 4.79 Å². The minimum Gasteiger partial charge on any atom is -0.361 e. The number of benzene rings is 1. The third-order valence-electron chi connectivity index (χ3n) is 3.95. The number of carbonyl (C=O) groups excluding carboxylic acids is 1. The van der Waals surface area contributed by atoms with E-state index in [1.54, 1.807) is 0 Å². The lowest BCUT2D eigenvalue weighted by Crippen LogP contribution is -2.28. The molecule has 0 radical (unpaired) electrons. The van der Waals surface area contributed by atoms with Crippen LogP contribution in [0.25, 0.3) is 10.9 Å². The first-order chi connectivity index (χ1) is 9.84. The maximum atomic E-state index is 11.5. The van der Waals surface area contributed by atoms with Gasteiger partial charge in [-0.1, -0.05) is 12.1 Å². The van der Waals surface area contributed by atoms with Crippen molar-refractivity contribution in [1.82, 2.24) is 15.2 Å². The number of hydrogen-bond acceptors (Lipinski definition) is 2. The van der Waals surface area contributed by atoms with E-state index in [2.05, 4.69) is 34.6 Å². The number of fused-ring (bicyclic) bond motifs is 1. The van der Waals surface area contributed by atoms with Gasteiger partial charge in [-0.05, 0) is 37.1 Å². The lowest BCUT2D eigenvalue weighted by atomic mass is 10.1. The van der Waals surface area contributed by atoms with E-state index in [4.69, 9.17) is 0 Å². The second-order valence-electron chi connectivity index (χ2n) is 5.37. The molecule has 0 unspecified atom stereocenters. The number of hydrogen-bond donors (Lipinski definition) is 2.